The molecule has 0 unspecified atom stereocenters. The molecule has 8 heteroatoms. The summed E-state index contributed by atoms with van der Waals surface area (Å²) in [6.07, 6.45) is 0. The van der Waals surface area contributed by atoms with Crippen molar-refractivity contribution in [2.24, 2.45) is 5.14 Å². The van der Waals surface area contributed by atoms with E-state index in [1.54, 1.807) is 24.3 Å². The normalized spacial score (nSPS) is 11.2. The van der Waals surface area contributed by atoms with E-state index in [1.807, 2.05) is 0 Å². The Bertz CT molecular complexity index is 790. The second kappa shape index (κ2) is 6.27. The number of nitrogens with two attached hydrogens (primary N) is 1. The summed E-state index contributed by atoms with van der Waals surface area (Å²) in [6.45, 7) is 0. The molecule has 2 aromatic rings. The van der Waals surface area contributed by atoms with E-state index in [-0.39, 0.29) is 10.5 Å². The highest BCUT2D eigenvalue weighted by molar-refractivity contribution is 9.10. The van der Waals surface area contributed by atoms with Gasteiger partial charge in [-0.2, -0.15) is 0 Å². The van der Waals surface area contributed by atoms with Crippen molar-refractivity contribution >= 4 is 53.5 Å². The number of benzene rings is 2. The summed E-state index contributed by atoms with van der Waals surface area (Å²) < 4.78 is 24.0. The van der Waals surface area contributed by atoms with Crippen LogP contribution in [0, 0.1) is 0 Å². The Morgan fingerprint density at radius 1 is 1.05 bits per heavy atom. The smallest absolute Gasteiger partial charge is 0.256 e. The monoisotopic (exact) mass is 432 g/mol. The van der Waals surface area contributed by atoms with Crippen LogP contribution in [0.4, 0.5) is 5.69 Å². The summed E-state index contributed by atoms with van der Waals surface area (Å²) in [5.41, 5.74) is 0.778. The van der Waals surface area contributed by atoms with Gasteiger partial charge >= 0.3 is 0 Å². The minimum absolute atomic E-state index is 0.119. The first-order chi connectivity index (χ1) is 9.77. The van der Waals surface area contributed by atoms with Gasteiger partial charge in [0.25, 0.3) is 5.91 Å². The first kappa shape index (κ1) is 16.2. The molecule has 110 valence electrons. The van der Waals surface area contributed by atoms with E-state index in [9.17, 15) is 13.2 Å². The van der Waals surface area contributed by atoms with Crippen molar-refractivity contribution in [1.29, 1.82) is 0 Å². The molecule has 0 radical (unpaired) electrons. The highest BCUT2D eigenvalue weighted by Gasteiger charge is 2.15. The molecule has 0 spiro atoms. The molecule has 2 aromatic carbocycles. The largest absolute Gasteiger partial charge is 0.322 e. The Morgan fingerprint density at radius 3 is 2.24 bits per heavy atom. The molecule has 0 saturated heterocycles. The number of primary sulfonamides is 1. The van der Waals surface area contributed by atoms with Crippen molar-refractivity contribution in [3.05, 3.63) is 57.0 Å². The van der Waals surface area contributed by atoms with Crippen LogP contribution in [-0.2, 0) is 10.0 Å². The number of rotatable bonds is 3. The summed E-state index contributed by atoms with van der Waals surface area (Å²) in [6, 6.07) is 11.0. The van der Waals surface area contributed by atoms with Gasteiger partial charge in [0, 0.05) is 14.6 Å². The van der Waals surface area contributed by atoms with Crippen molar-refractivity contribution in [1.82, 2.24) is 0 Å². The van der Waals surface area contributed by atoms with Crippen LogP contribution < -0.4 is 10.5 Å². The van der Waals surface area contributed by atoms with E-state index in [0.717, 1.165) is 4.47 Å². The molecule has 0 heterocycles. The molecule has 0 aliphatic rings. The topological polar surface area (TPSA) is 89.3 Å². The molecule has 0 saturated carbocycles. The van der Waals surface area contributed by atoms with Crippen molar-refractivity contribution in [2.75, 3.05) is 5.32 Å². The number of anilines is 1. The minimum atomic E-state index is -3.86. The number of nitrogens with one attached hydrogen (secondary N) is 1. The summed E-state index contributed by atoms with van der Waals surface area (Å²) >= 11 is 6.52. The molecular formula is C13H10Br2N2O3S. The van der Waals surface area contributed by atoms with Crippen LogP contribution in [0.1, 0.15) is 10.4 Å². The van der Waals surface area contributed by atoms with Crippen LogP contribution in [0.15, 0.2) is 56.3 Å². The maximum atomic E-state index is 12.2. The summed E-state index contributed by atoms with van der Waals surface area (Å²) in [5.74, 6) is -0.435. The molecule has 21 heavy (non-hydrogen) atoms. The average Bonchev–Trinajstić information content (AvgIpc) is 2.40. The molecule has 0 fully saturated rings. The lowest BCUT2D eigenvalue weighted by molar-refractivity contribution is 0.102. The van der Waals surface area contributed by atoms with E-state index in [0.29, 0.717) is 10.2 Å². The lowest BCUT2D eigenvalue weighted by Gasteiger charge is -2.08. The zero-order valence-electron chi connectivity index (χ0n) is 10.5. The molecule has 0 aliphatic heterocycles. The number of hydrogen-bond acceptors (Lipinski definition) is 3. The van der Waals surface area contributed by atoms with Crippen LogP contribution >= 0.6 is 31.9 Å². The van der Waals surface area contributed by atoms with Crippen LogP contribution in [0.3, 0.4) is 0 Å². The molecular weight excluding hydrogens is 424 g/mol. The fraction of sp³-hybridized carbons (Fsp3) is 0. The highest BCUT2D eigenvalue weighted by Crippen LogP contribution is 2.22. The van der Waals surface area contributed by atoms with Gasteiger partial charge in [0.1, 0.15) is 0 Å². The van der Waals surface area contributed by atoms with Gasteiger partial charge in [-0.05, 0) is 58.4 Å². The summed E-state index contributed by atoms with van der Waals surface area (Å²) in [4.78, 5) is 12.1. The van der Waals surface area contributed by atoms with E-state index >= 15 is 0 Å². The molecule has 0 bridgehead atoms. The van der Waals surface area contributed by atoms with Crippen LogP contribution in [-0.4, -0.2) is 14.3 Å². The average molecular weight is 434 g/mol. The predicted molar refractivity (Wildman–Crippen MR) is 87.6 cm³/mol. The van der Waals surface area contributed by atoms with Gasteiger partial charge in [-0.1, -0.05) is 15.9 Å². The quantitative estimate of drug-likeness (QED) is 0.779. The van der Waals surface area contributed by atoms with Crippen molar-refractivity contribution in [3.63, 3.8) is 0 Å². The Morgan fingerprint density at radius 2 is 1.67 bits per heavy atom. The zero-order chi connectivity index (χ0) is 15.6. The SMILES string of the molecule is NS(=O)(=O)c1ccc(Br)c(C(=O)Nc2ccc(Br)cc2)c1. The maximum Gasteiger partial charge on any atom is 0.256 e. The molecule has 0 aliphatic carbocycles. The lowest BCUT2D eigenvalue weighted by Crippen LogP contribution is -2.16. The standard InChI is InChI=1S/C13H10Br2N2O3S/c14-8-1-3-9(4-2-8)17-13(18)11-7-10(21(16,19)20)5-6-12(11)15/h1-7H,(H,17,18)(H2,16,19,20). The third-order valence-electron chi connectivity index (χ3n) is 2.61. The van der Waals surface area contributed by atoms with E-state index in [2.05, 4.69) is 37.2 Å². The molecule has 3 N–H and O–H groups in total. The van der Waals surface area contributed by atoms with Gasteiger partial charge in [-0.15, -0.1) is 0 Å². The Balaban J connectivity index is 2.32. The second-order valence-corrected chi connectivity index (χ2v) is 7.48. The number of hydrogen-bond donors (Lipinski definition) is 2. The number of halogens is 2. The van der Waals surface area contributed by atoms with Crippen LogP contribution in [0.2, 0.25) is 0 Å². The van der Waals surface area contributed by atoms with E-state index in [4.69, 9.17) is 5.14 Å². The van der Waals surface area contributed by atoms with Gasteiger partial charge in [0.05, 0.1) is 10.5 Å². The highest BCUT2D eigenvalue weighted by atomic mass is 79.9. The third kappa shape index (κ3) is 4.13. The fourth-order valence-corrected chi connectivity index (χ4v) is 2.82. The van der Waals surface area contributed by atoms with Gasteiger partial charge in [0.15, 0.2) is 0 Å². The fourth-order valence-electron chi connectivity index (χ4n) is 1.59. The number of carbonyl (C=O) groups is 1. The third-order valence-corrected chi connectivity index (χ3v) is 4.74. The van der Waals surface area contributed by atoms with Gasteiger partial charge in [-0.25, -0.2) is 13.6 Å². The van der Waals surface area contributed by atoms with Crippen LogP contribution in [0.25, 0.3) is 0 Å². The zero-order valence-corrected chi connectivity index (χ0v) is 14.5. The first-order valence-electron chi connectivity index (χ1n) is 5.66. The number of amides is 1. The van der Waals surface area contributed by atoms with Crippen molar-refractivity contribution in [2.45, 2.75) is 4.90 Å². The van der Waals surface area contributed by atoms with Gasteiger partial charge < -0.3 is 5.32 Å². The Kier molecular flexibility index (Phi) is 4.82. The van der Waals surface area contributed by atoms with Gasteiger partial charge in [0.2, 0.25) is 10.0 Å². The number of sulfonamides is 1. The molecule has 2 rings (SSSR count). The molecule has 1 amide bonds. The Labute approximate surface area is 138 Å². The molecule has 0 aromatic heterocycles. The lowest BCUT2D eigenvalue weighted by atomic mass is 10.2. The second-order valence-electron chi connectivity index (χ2n) is 4.15. The Hall–Kier alpha value is -1.22. The van der Waals surface area contributed by atoms with E-state index in [1.165, 1.54) is 18.2 Å². The molecule has 5 nitrogen and oxygen atoms in total. The number of carbonyl (C=O) groups excluding carboxylic acids is 1. The van der Waals surface area contributed by atoms with Gasteiger partial charge in [-0.3, -0.25) is 4.79 Å². The summed E-state index contributed by atoms with van der Waals surface area (Å²) in [7, 11) is -3.86. The summed E-state index contributed by atoms with van der Waals surface area (Å²) in [5, 5.41) is 7.74. The van der Waals surface area contributed by atoms with Crippen LogP contribution in [0.5, 0.6) is 0 Å². The maximum absolute atomic E-state index is 12.2. The van der Waals surface area contributed by atoms with E-state index < -0.39 is 15.9 Å². The predicted octanol–water partition coefficient (Wildman–Crippen LogP) is 3.11. The van der Waals surface area contributed by atoms with Crippen molar-refractivity contribution in [3.8, 4) is 0 Å². The first-order valence-corrected chi connectivity index (χ1v) is 8.80. The minimum Gasteiger partial charge on any atom is -0.322 e. The molecule has 0 atom stereocenters. The van der Waals surface area contributed by atoms with Crippen molar-refractivity contribution < 1.29 is 13.2 Å².